The van der Waals surface area contributed by atoms with E-state index in [-0.39, 0.29) is 10.8 Å². The van der Waals surface area contributed by atoms with Gasteiger partial charge < -0.3 is 10.9 Å². The molecule has 0 rings (SSSR count). The Balaban J connectivity index is 4.58. The van der Waals surface area contributed by atoms with Crippen molar-refractivity contribution in [2.45, 2.75) is 19.4 Å². The van der Waals surface area contributed by atoms with Crippen LogP contribution >= 0.6 is 11.8 Å². The molecule has 0 bridgehead atoms. The first-order valence-corrected chi connectivity index (χ1v) is 4.59. The molecule has 0 spiro atoms. The molecule has 0 saturated heterocycles. The van der Waals surface area contributed by atoms with Gasteiger partial charge in [-0.25, -0.2) is 0 Å². The maximum Gasteiger partial charge on any atom is 0.267 e. The molecule has 0 aromatic carbocycles. The Morgan fingerprint density at radius 3 is 2.50 bits per heavy atom. The van der Waals surface area contributed by atoms with Gasteiger partial charge in [-0.3, -0.25) is 14.9 Å². The van der Waals surface area contributed by atoms with Crippen molar-refractivity contribution in [2.75, 3.05) is 5.75 Å². The molecule has 0 fully saturated rings. The molecular formula is C6H11N3O4S. The van der Waals surface area contributed by atoms with Crippen molar-refractivity contribution in [3.05, 3.63) is 10.1 Å². The second-order valence-corrected chi connectivity index (χ2v) is 3.94. The van der Waals surface area contributed by atoms with E-state index in [1.54, 1.807) is 0 Å². The molecule has 0 radical (unpaired) electrons. The lowest BCUT2D eigenvalue weighted by Gasteiger charge is -2.15. The third-order valence-electron chi connectivity index (χ3n) is 1.42. The first-order chi connectivity index (χ1) is 6.32. The van der Waals surface area contributed by atoms with Gasteiger partial charge in [-0.15, -0.1) is 0 Å². The van der Waals surface area contributed by atoms with Crippen LogP contribution in [0.2, 0.25) is 0 Å². The van der Waals surface area contributed by atoms with Gasteiger partial charge in [0, 0.05) is 18.8 Å². The molecule has 8 heteroatoms. The molecule has 0 saturated carbocycles. The minimum Gasteiger partial charge on any atom is -0.410 e. The highest BCUT2D eigenvalue weighted by Crippen LogP contribution is 2.19. The molecule has 14 heavy (non-hydrogen) atoms. The van der Waals surface area contributed by atoms with Crippen molar-refractivity contribution in [3.63, 3.8) is 0 Å². The average Bonchev–Trinajstić information content (AvgIpc) is 2.04. The van der Waals surface area contributed by atoms with Crippen LogP contribution in [0.15, 0.2) is 5.16 Å². The average molecular weight is 221 g/mol. The first kappa shape index (κ1) is 12.7. The van der Waals surface area contributed by atoms with E-state index in [2.05, 4.69) is 5.16 Å². The Bertz CT molecular complexity index is 276. The van der Waals surface area contributed by atoms with E-state index in [4.69, 9.17) is 10.9 Å². The van der Waals surface area contributed by atoms with Crippen LogP contribution in [0.5, 0.6) is 0 Å². The maximum absolute atomic E-state index is 10.6. The predicted octanol–water partition coefficient (Wildman–Crippen LogP) is 0.0479. The zero-order chi connectivity index (χ0) is 11.4. The molecule has 0 aliphatic heterocycles. The highest BCUT2D eigenvalue weighted by molar-refractivity contribution is 8.14. The van der Waals surface area contributed by atoms with E-state index < -0.39 is 16.4 Å². The van der Waals surface area contributed by atoms with Crippen molar-refractivity contribution < 1.29 is 14.9 Å². The second kappa shape index (κ2) is 4.80. The van der Waals surface area contributed by atoms with Crippen molar-refractivity contribution >= 4 is 22.7 Å². The summed E-state index contributed by atoms with van der Waals surface area (Å²) in [7, 11) is 0. The zero-order valence-corrected chi connectivity index (χ0v) is 8.58. The predicted molar refractivity (Wildman–Crippen MR) is 51.9 cm³/mol. The summed E-state index contributed by atoms with van der Waals surface area (Å²) in [5.41, 5.74) is 3.33. The summed E-state index contributed by atoms with van der Waals surface area (Å²) in [6.45, 7) is 2.55. The molecule has 0 unspecified atom stereocenters. The Morgan fingerprint density at radius 2 is 2.21 bits per heavy atom. The monoisotopic (exact) mass is 221 g/mol. The summed E-state index contributed by atoms with van der Waals surface area (Å²) < 4.78 is 0. The van der Waals surface area contributed by atoms with Crippen LogP contribution in [0.1, 0.15) is 13.8 Å². The minimum atomic E-state index is -1.52. The normalized spacial score (nSPS) is 12.6. The van der Waals surface area contributed by atoms with Crippen molar-refractivity contribution in [2.24, 2.45) is 10.9 Å². The summed E-state index contributed by atoms with van der Waals surface area (Å²) in [6.07, 6.45) is 0. The highest BCUT2D eigenvalue weighted by Gasteiger charge is 2.38. The Hall–Kier alpha value is -1.31. The molecule has 0 aliphatic rings. The van der Waals surface area contributed by atoms with Gasteiger partial charge in [-0.2, -0.15) is 0 Å². The molecule has 0 aromatic rings. The molecular weight excluding hydrogens is 210 g/mol. The van der Waals surface area contributed by atoms with Crippen LogP contribution in [0, 0.1) is 10.1 Å². The standard InChI is InChI=1S/C6H11N3O4S/c1-6(2,9(12)13)5(8-11)14-3-4(7)10/h11H,3H2,1-2H3,(H2,7,10). The lowest BCUT2D eigenvalue weighted by Crippen LogP contribution is -2.39. The Kier molecular flexibility index (Phi) is 4.35. The van der Waals surface area contributed by atoms with Gasteiger partial charge in [0.15, 0.2) is 5.04 Å². The Morgan fingerprint density at radius 1 is 1.71 bits per heavy atom. The van der Waals surface area contributed by atoms with Crippen LogP contribution in [-0.2, 0) is 4.79 Å². The quantitative estimate of drug-likeness (QED) is 0.228. The van der Waals surface area contributed by atoms with E-state index in [0.29, 0.717) is 0 Å². The number of primary amides is 1. The van der Waals surface area contributed by atoms with Crippen LogP contribution in [0.3, 0.4) is 0 Å². The zero-order valence-electron chi connectivity index (χ0n) is 7.76. The van der Waals surface area contributed by atoms with Gasteiger partial charge in [0.1, 0.15) is 0 Å². The number of nitrogens with two attached hydrogens (primary N) is 1. The van der Waals surface area contributed by atoms with E-state index in [1.165, 1.54) is 13.8 Å². The van der Waals surface area contributed by atoms with E-state index in [9.17, 15) is 14.9 Å². The summed E-state index contributed by atoms with van der Waals surface area (Å²) in [5, 5.41) is 21.7. The van der Waals surface area contributed by atoms with Gasteiger partial charge >= 0.3 is 0 Å². The number of hydrogen-bond donors (Lipinski definition) is 2. The number of rotatable bonds is 4. The molecule has 0 heterocycles. The fourth-order valence-electron chi connectivity index (χ4n) is 0.545. The van der Waals surface area contributed by atoms with Crippen LogP contribution in [-0.4, -0.2) is 32.4 Å². The third kappa shape index (κ3) is 3.21. The van der Waals surface area contributed by atoms with Gasteiger partial charge in [0.2, 0.25) is 5.91 Å². The lowest BCUT2D eigenvalue weighted by molar-refractivity contribution is -0.537. The van der Waals surface area contributed by atoms with Gasteiger partial charge in [-0.05, 0) is 0 Å². The van der Waals surface area contributed by atoms with E-state index in [0.717, 1.165) is 11.8 Å². The second-order valence-electron chi connectivity index (χ2n) is 2.98. The maximum atomic E-state index is 10.6. The number of carbonyl (C=O) groups excluding carboxylic acids is 1. The number of carbonyl (C=O) groups is 1. The molecule has 1 amide bonds. The fourth-order valence-corrected chi connectivity index (χ4v) is 1.31. The molecule has 3 N–H and O–H groups in total. The molecule has 7 nitrogen and oxygen atoms in total. The van der Waals surface area contributed by atoms with Gasteiger partial charge in [-0.1, -0.05) is 16.9 Å². The molecule has 0 aliphatic carbocycles. The summed E-state index contributed by atoms with van der Waals surface area (Å²) in [6, 6.07) is 0. The van der Waals surface area contributed by atoms with Gasteiger partial charge in [0.25, 0.3) is 5.54 Å². The minimum absolute atomic E-state index is 0.152. The topological polar surface area (TPSA) is 119 Å². The molecule has 0 aromatic heterocycles. The highest BCUT2D eigenvalue weighted by atomic mass is 32.2. The number of hydrogen-bond acceptors (Lipinski definition) is 6. The summed E-state index contributed by atoms with van der Waals surface area (Å²) >= 11 is 0.749. The van der Waals surface area contributed by atoms with Crippen LogP contribution < -0.4 is 5.73 Å². The first-order valence-electron chi connectivity index (χ1n) is 3.60. The molecule has 0 atom stereocenters. The van der Waals surface area contributed by atoms with Crippen molar-refractivity contribution in [3.8, 4) is 0 Å². The number of nitrogens with zero attached hydrogens (tertiary/aromatic N) is 2. The SMILES string of the molecule is CC(C)(C(=NO)SCC(N)=O)[N+](=O)[O-]. The van der Waals surface area contributed by atoms with E-state index in [1.807, 2.05) is 0 Å². The summed E-state index contributed by atoms with van der Waals surface area (Å²) in [4.78, 5) is 20.4. The number of oxime groups is 1. The van der Waals surface area contributed by atoms with Gasteiger partial charge in [0.05, 0.1) is 5.75 Å². The fraction of sp³-hybridized carbons (Fsp3) is 0.667. The van der Waals surface area contributed by atoms with E-state index >= 15 is 0 Å². The largest absolute Gasteiger partial charge is 0.410 e. The third-order valence-corrected chi connectivity index (χ3v) is 2.71. The number of amides is 1. The number of nitro groups is 1. The number of thioether (sulfide) groups is 1. The molecule has 80 valence electrons. The van der Waals surface area contributed by atoms with Crippen molar-refractivity contribution in [1.82, 2.24) is 0 Å². The smallest absolute Gasteiger partial charge is 0.267 e. The summed E-state index contributed by atoms with van der Waals surface area (Å²) in [5.74, 6) is -0.785. The van der Waals surface area contributed by atoms with Crippen LogP contribution in [0.25, 0.3) is 0 Å². The Labute approximate surface area is 84.5 Å². The van der Waals surface area contributed by atoms with Crippen molar-refractivity contribution in [1.29, 1.82) is 0 Å². The van der Waals surface area contributed by atoms with Crippen LogP contribution in [0.4, 0.5) is 0 Å². The lowest BCUT2D eigenvalue weighted by atomic mass is 10.1.